The SMILES string of the molecule is CC1CC(C(C)(C)C)CC1[C@@H](C)C1C2CCC(C(C)(C)C)CC2C2CC(C(C)(C)C)CCC21. The fourth-order valence-electron chi connectivity index (χ4n) is 10.1. The first-order chi connectivity index (χ1) is 15.1. The van der Waals surface area contributed by atoms with Gasteiger partial charge in [-0.15, -0.1) is 0 Å². The average Bonchev–Trinajstić information content (AvgIpc) is 3.23. The van der Waals surface area contributed by atoms with E-state index in [4.69, 9.17) is 0 Å². The minimum absolute atomic E-state index is 0.485. The highest BCUT2D eigenvalue weighted by atomic mass is 14.6. The molecule has 0 nitrogen and oxygen atoms in total. The van der Waals surface area contributed by atoms with Gasteiger partial charge >= 0.3 is 0 Å². The van der Waals surface area contributed by atoms with Crippen molar-refractivity contribution in [2.24, 2.45) is 81.3 Å². The third-order valence-corrected chi connectivity index (χ3v) is 12.3. The maximum absolute atomic E-state index is 2.74. The lowest BCUT2D eigenvalue weighted by Gasteiger charge is -2.44. The zero-order valence-electron chi connectivity index (χ0n) is 24.5. The predicted octanol–water partition coefficient (Wildman–Crippen LogP) is 10.1. The Morgan fingerprint density at radius 2 is 0.939 bits per heavy atom. The first kappa shape index (κ1) is 26.1. The van der Waals surface area contributed by atoms with Crippen LogP contribution >= 0.6 is 0 Å². The smallest absolute Gasteiger partial charge is 0.0323 e. The van der Waals surface area contributed by atoms with E-state index < -0.39 is 0 Å². The van der Waals surface area contributed by atoms with Crippen LogP contribution in [0.5, 0.6) is 0 Å². The zero-order valence-corrected chi connectivity index (χ0v) is 24.5. The quantitative estimate of drug-likeness (QED) is 0.387. The molecule has 0 bridgehead atoms. The van der Waals surface area contributed by atoms with Crippen LogP contribution in [-0.4, -0.2) is 0 Å². The van der Waals surface area contributed by atoms with Crippen LogP contribution in [0, 0.1) is 81.3 Å². The molecule has 0 aromatic carbocycles. The van der Waals surface area contributed by atoms with Gasteiger partial charge in [0.15, 0.2) is 0 Å². The molecule has 0 aromatic rings. The van der Waals surface area contributed by atoms with E-state index in [1.165, 1.54) is 25.7 Å². The standard InChI is InChI=1S/C33H60/c1-20-16-24(33(9,10)11)19-27(20)21(2)30-25-14-12-22(31(3,4)5)17-28(25)29-18-23(32(6,7)8)13-15-26(29)30/h20-30H,12-19H2,1-11H3/t20?,21-,22?,23?,24?,25?,26?,27?,28?,29?,30?/m1/s1. The number of hydrogen-bond donors (Lipinski definition) is 0. The first-order valence-electron chi connectivity index (χ1n) is 15.1. The summed E-state index contributed by atoms with van der Waals surface area (Å²) in [6.45, 7) is 28.0. The second kappa shape index (κ2) is 8.83. The second-order valence-corrected chi connectivity index (χ2v) is 17.0. The van der Waals surface area contributed by atoms with E-state index >= 15 is 0 Å². The molecule has 0 radical (unpaired) electrons. The fourth-order valence-corrected chi connectivity index (χ4v) is 10.1. The molecule has 0 saturated heterocycles. The third-order valence-electron chi connectivity index (χ3n) is 12.3. The Balaban J connectivity index is 1.60. The van der Waals surface area contributed by atoms with Gasteiger partial charge in [-0.1, -0.05) is 76.2 Å². The van der Waals surface area contributed by atoms with Gasteiger partial charge in [0.1, 0.15) is 0 Å². The van der Waals surface area contributed by atoms with Crippen LogP contribution < -0.4 is 0 Å². The van der Waals surface area contributed by atoms with E-state index in [1.54, 1.807) is 25.7 Å². The summed E-state index contributed by atoms with van der Waals surface area (Å²) in [6.07, 6.45) is 12.2. The zero-order chi connectivity index (χ0) is 24.5. The lowest BCUT2D eigenvalue weighted by atomic mass is 9.61. The van der Waals surface area contributed by atoms with Gasteiger partial charge in [0.2, 0.25) is 0 Å². The lowest BCUT2D eigenvalue weighted by Crippen LogP contribution is -2.35. The maximum atomic E-state index is 2.74. The molecular weight excluding hydrogens is 396 g/mol. The molecule has 10 atom stereocenters. The van der Waals surface area contributed by atoms with E-state index in [0.717, 1.165) is 65.1 Å². The van der Waals surface area contributed by atoms with Crippen LogP contribution in [0.1, 0.15) is 128 Å². The van der Waals surface area contributed by atoms with E-state index in [0.29, 0.717) is 16.2 Å². The Bertz CT molecular complexity index is 628. The van der Waals surface area contributed by atoms with Crippen molar-refractivity contribution in [2.75, 3.05) is 0 Å². The van der Waals surface area contributed by atoms with Crippen molar-refractivity contribution in [2.45, 2.75) is 128 Å². The minimum Gasteiger partial charge on any atom is -0.0622 e. The molecule has 4 aliphatic rings. The molecule has 0 heteroatoms. The summed E-state index contributed by atoms with van der Waals surface area (Å²) >= 11 is 0. The molecule has 9 unspecified atom stereocenters. The Morgan fingerprint density at radius 1 is 0.515 bits per heavy atom. The van der Waals surface area contributed by atoms with Gasteiger partial charge in [-0.05, 0) is 133 Å². The van der Waals surface area contributed by atoms with Gasteiger partial charge in [-0.25, -0.2) is 0 Å². The number of hydrogen-bond acceptors (Lipinski definition) is 0. The normalized spacial score (nSPS) is 45.5. The van der Waals surface area contributed by atoms with Crippen molar-refractivity contribution in [3.05, 3.63) is 0 Å². The summed E-state index contributed by atoms with van der Waals surface area (Å²) in [5.74, 6) is 10.8. The monoisotopic (exact) mass is 456 g/mol. The Morgan fingerprint density at radius 3 is 1.30 bits per heavy atom. The van der Waals surface area contributed by atoms with Crippen molar-refractivity contribution in [3.63, 3.8) is 0 Å². The van der Waals surface area contributed by atoms with Crippen LogP contribution in [0.15, 0.2) is 0 Å². The third kappa shape index (κ3) is 4.99. The van der Waals surface area contributed by atoms with Crippen molar-refractivity contribution in [1.82, 2.24) is 0 Å². The van der Waals surface area contributed by atoms with E-state index in [2.05, 4.69) is 76.2 Å². The van der Waals surface area contributed by atoms with Gasteiger partial charge in [-0.2, -0.15) is 0 Å². The molecule has 0 amide bonds. The largest absolute Gasteiger partial charge is 0.0622 e. The molecule has 0 N–H and O–H groups in total. The number of fused-ring (bicyclic) bond motifs is 3. The van der Waals surface area contributed by atoms with Gasteiger partial charge in [-0.3, -0.25) is 0 Å². The Labute approximate surface area is 208 Å². The Kier molecular flexibility index (Phi) is 6.98. The lowest BCUT2D eigenvalue weighted by molar-refractivity contribution is 0.0542. The van der Waals surface area contributed by atoms with Crippen LogP contribution in [0.25, 0.3) is 0 Å². The van der Waals surface area contributed by atoms with Gasteiger partial charge in [0, 0.05) is 0 Å². The highest BCUT2D eigenvalue weighted by molar-refractivity contribution is 5.06. The maximum Gasteiger partial charge on any atom is -0.0323 e. The van der Waals surface area contributed by atoms with Crippen molar-refractivity contribution >= 4 is 0 Å². The molecule has 4 rings (SSSR count). The van der Waals surface area contributed by atoms with Gasteiger partial charge in [0.05, 0.1) is 0 Å². The summed E-state index contributed by atoms with van der Waals surface area (Å²) in [5.41, 5.74) is 1.46. The summed E-state index contributed by atoms with van der Waals surface area (Å²) in [6, 6.07) is 0. The summed E-state index contributed by atoms with van der Waals surface area (Å²) in [7, 11) is 0. The molecule has 4 aliphatic carbocycles. The topological polar surface area (TPSA) is 0 Å². The molecule has 33 heavy (non-hydrogen) atoms. The Hall–Kier alpha value is 0. The molecule has 0 heterocycles. The van der Waals surface area contributed by atoms with E-state index in [9.17, 15) is 0 Å². The van der Waals surface area contributed by atoms with Crippen molar-refractivity contribution in [1.29, 1.82) is 0 Å². The number of rotatable bonds is 2. The molecule has 0 aliphatic heterocycles. The van der Waals surface area contributed by atoms with Crippen LogP contribution in [0.2, 0.25) is 0 Å². The molecule has 0 spiro atoms. The van der Waals surface area contributed by atoms with E-state index in [1.807, 2.05) is 0 Å². The first-order valence-corrected chi connectivity index (χ1v) is 15.1. The van der Waals surface area contributed by atoms with Gasteiger partial charge in [0.25, 0.3) is 0 Å². The average molecular weight is 457 g/mol. The fraction of sp³-hybridized carbons (Fsp3) is 1.00. The second-order valence-electron chi connectivity index (χ2n) is 17.0. The molecular formula is C33H60. The van der Waals surface area contributed by atoms with Crippen molar-refractivity contribution < 1.29 is 0 Å². The molecule has 0 aromatic heterocycles. The van der Waals surface area contributed by atoms with Crippen LogP contribution in [0.3, 0.4) is 0 Å². The molecule has 4 saturated carbocycles. The minimum atomic E-state index is 0.485. The highest BCUT2D eigenvalue weighted by Crippen LogP contribution is 2.65. The van der Waals surface area contributed by atoms with Crippen LogP contribution in [-0.2, 0) is 0 Å². The summed E-state index contributed by atoms with van der Waals surface area (Å²) < 4.78 is 0. The summed E-state index contributed by atoms with van der Waals surface area (Å²) in [5, 5.41) is 0. The van der Waals surface area contributed by atoms with E-state index in [-0.39, 0.29) is 0 Å². The summed E-state index contributed by atoms with van der Waals surface area (Å²) in [4.78, 5) is 0. The molecule has 4 fully saturated rings. The van der Waals surface area contributed by atoms with Crippen LogP contribution in [0.4, 0.5) is 0 Å². The predicted molar refractivity (Wildman–Crippen MR) is 145 cm³/mol. The molecule has 192 valence electrons. The van der Waals surface area contributed by atoms with Gasteiger partial charge < -0.3 is 0 Å². The highest BCUT2D eigenvalue weighted by Gasteiger charge is 2.57. The van der Waals surface area contributed by atoms with Crippen molar-refractivity contribution in [3.8, 4) is 0 Å².